The fourth-order valence-corrected chi connectivity index (χ4v) is 4.30. The molecule has 33 heavy (non-hydrogen) atoms. The summed E-state index contributed by atoms with van der Waals surface area (Å²) in [6.07, 6.45) is 21.8. The van der Waals surface area contributed by atoms with Crippen LogP contribution in [0.15, 0.2) is 97.1 Å². The fraction of sp³-hybridized carbons (Fsp3) is 0.129. The Morgan fingerprint density at radius 2 is 1.79 bits per heavy atom. The van der Waals surface area contributed by atoms with Gasteiger partial charge in [0.1, 0.15) is 0 Å². The summed E-state index contributed by atoms with van der Waals surface area (Å²) < 4.78 is 2.33. The molecular weight excluding hydrogens is 400 g/mol. The molecular formula is C31H32N2. The summed E-state index contributed by atoms with van der Waals surface area (Å²) in [5, 5.41) is 2.33. The first-order valence-corrected chi connectivity index (χ1v) is 11.2. The Bertz CT molecular complexity index is 1380. The molecule has 0 aliphatic heterocycles. The van der Waals surface area contributed by atoms with Crippen molar-refractivity contribution >= 4 is 45.9 Å². The van der Waals surface area contributed by atoms with E-state index in [4.69, 9.17) is 0 Å². The van der Waals surface area contributed by atoms with Gasteiger partial charge in [-0.2, -0.15) is 0 Å². The third-order valence-corrected chi connectivity index (χ3v) is 5.68. The number of hydrogen-bond donors (Lipinski definition) is 0. The molecule has 0 bridgehead atoms. The molecule has 0 saturated carbocycles. The topological polar surface area (TPSA) is 16.8 Å². The van der Waals surface area contributed by atoms with E-state index < -0.39 is 0 Å². The minimum Gasteiger partial charge on any atom is -0.308 e. The molecule has 0 N–H and O–H groups in total. The number of aliphatic imine (C=N–C) groups is 1. The van der Waals surface area contributed by atoms with Crippen molar-refractivity contribution in [2.24, 2.45) is 4.99 Å². The van der Waals surface area contributed by atoms with Crippen LogP contribution in [0, 0.1) is 0 Å². The zero-order valence-electron chi connectivity index (χ0n) is 20.1. The van der Waals surface area contributed by atoms with Gasteiger partial charge in [0.15, 0.2) is 0 Å². The molecule has 0 aliphatic carbocycles. The zero-order valence-corrected chi connectivity index (χ0v) is 20.1. The summed E-state index contributed by atoms with van der Waals surface area (Å²) in [7, 11) is 0. The maximum atomic E-state index is 4.68. The van der Waals surface area contributed by atoms with Gasteiger partial charge in [0.25, 0.3) is 0 Å². The molecule has 3 rings (SSSR count). The maximum Gasteiger partial charge on any atom is 0.0704 e. The second-order valence-corrected chi connectivity index (χ2v) is 7.65. The van der Waals surface area contributed by atoms with E-state index in [9.17, 15) is 0 Å². The van der Waals surface area contributed by atoms with Crippen molar-refractivity contribution in [1.82, 2.24) is 4.40 Å². The van der Waals surface area contributed by atoms with E-state index in [2.05, 4.69) is 78.6 Å². The van der Waals surface area contributed by atoms with Crippen molar-refractivity contribution in [3.8, 4) is 0 Å². The minimum absolute atomic E-state index is 0.929. The molecule has 2 nitrogen and oxygen atoms in total. The minimum atomic E-state index is 0.929. The Labute approximate surface area is 197 Å². The molecule has 1 aromatic carbocycles. The van der Waals surface area contributed by atoms with Gasteiger partial charge in [-0.3, -0.25) is 4.99 Å². The lowest BCUT2D eigenvalue weighted by Gasteiger charge is -2.08. The van der Waals surface area contributed by atoms with Crippen molar-refractivity contribution < 1.29 is 0 Å². The van der Waals surface area contributed by atoms with Crippen LogP contribution in [-0.2, 0) is 0 Å². The standard InChI is InChI=1S/C31H32N2/c1-8-14-17-22(7)23(11-4)30-21-27-25(28(32-13-6)18-15-9-2)19-20-26-24(12-5)29(16-10-3)33(30)31(26)27/h8-21H,1,4-5H2,2-3,6-7H3/b15-9-,16-10-,17-14-,23-22+,28-18-,32-13?. The van der Waals surface area contributed by atoms with E-state index in [1.54, 1.807) is 6.08 Å². The zero-order chi connectivity index (χ0) is 24.0. The molecule has 2 heterocycles. The fourth-order valence-electron chi connectivity index (χ4n) is 4.30. The van der Waals surface area contributed by atoms with Gasteiger partial charge in [0.05, 0.1) is 22.6 Å². The van der Waals surface area contributed by atoms with Crippen LogP contribution in [0.2, 0.25) is 0 Å². The average Bonchev–Trinajstić information content (AvgIpc) is 3.35. The molecule has 0 amide bonds. The third-order valence-electron chi connectivity index (χ3n) is 5.68. The molecule has 2 aromatic heterocycles. The van der Waals surface area contributed by atoms with Gasteiger partial charge in [-0.05, 0) is 51.5 Å². The van der Waals surface area contributed by atoms with E-state index in [0.29, 0.717) is 0 Å². The SMILES string of the molecule is C=C/C=C\C(C)=C(/C=C)c1cc2c(/C(=C/C=C\C)N=CC)ccc3c(C=C)c(/C=C\C)n1c23. The average molecular weight is 433 g/mol. The van der Waals surface area contributed by atoms with E-state index >= 15 is 0 Å². The Kier molecular flexibility index (Phi) is 7.63. The van der Waals surface area contributed by atoms with E-state index in [1.165, 1.54) is 10.9 Å². The Morgan fingerprint density at radius 3 is 2.39 bits per heavy atom. The van der Waals surface area contributed by atoms with E-state index in [1.807, 2.05) is 57.4 Å². The van der Waals surface area contributed by atoms with Crippen molar-refractivity contribution in [2.45, 2.75) is 27.7 Å². The third kappa shape index (κ3) is 4.25. The van der Waals surface area contributed by atoms with Gasteiger partial charge in [-0.25, -0.2) is 0 Å². The van der Waals surface area contributed by atoms with Crippen LogP contribution in [-0.4, -0.2) is 10.6 Å². The number of rotatable bonds is 9. The quantitative estimate of drug-likeness (QED) is 0.237. The van der Waals surface area contributed by atoms with Gasteiger partial charge in [-0.15, -0.1) is 0 Å². The van der Waals surface area contributed by atoms with Crippen molar-refractivity contribution in [3.63, 3.8) is 0 Å². The normalized spacial score (nSPS) is 14.0. The highest BCUT2D eigenvalue weighted by Crippen LogP contribution is 2.40. The molecule has 0 fully saturated rings. The lowest BCUT2D eigenvalue weighted by Crippen LogP contribution is -1.94. The van der Waals surface area contributed by atoms with Gasteiger partial charge in [-0.1, -0.05) is 80.5 Å². The predicted molar refractivity (Wildman–Crippen MR) is 150 cm³/mol. The molecule has 0 spiro atoms. The molecule has 0 unspecified atom stereocenters. The van der Waals surface area contributed by atoms with Gasteiger partial charge < -0.3 is 4.40 Å². The highest BCUT2D eigenvalue weighted by molar-refractivity contribution is 6.10. The van der Waals surface area contributed by atoms with Crippen molar-refractivity contribution in [3.05, 3.63) is 115 Å². The van der Waals surface area contributed by atoms with Gasteiger partial charge in [0.2, 0.25) is 0 Å². The lowest BCUT2D eigenvalue weighted by atomic mass is 10.00. The second kappa shape index (κ2) is 10.6. The Balaban J connectivity index is 2.56. The monoisotopic (exact) mass is 432 g/mol. The summed E-state index contributed by atoms with van der Waals surface area (Å²) >= 11 is 0. The first-order valence-electron chi connectivity index (χ1n) is 11.2. The summed E-state index contributed by atoms with van der Waals surface area (Å²) in [4.78, 5) is 4.68. The molecule has 0 saturated heterocycles. The van der Waals surface area contributed by atoms with Crippen molar-refractivity contribution in [2.75, 3.05) is 0 Å². The smallest absolute Gasteiger partial charge is 0.0704 e. The number of allylic oxidation sites excluding steroid dienone is 10. The first-order chi connectivity index (χ1) is 16.1. The highest BCUT2D eigenvalue weighted by atomic mass is 14.9. The Hall–Kier alpha value is -3.91. The van der Waals surface area contributed by atoms with Crippen LogP contribution in [0.4, 0.5) is 0 Å². The molecule has 3 aromatic rings. The Morgan fingerprint density at radius 1 is 1.00 bits per heavy atom. The molecule has 2 heteroatoms. The maximum absolute atomic E-state index is 4.68. The number of nitrogens with zero attached hydrogens (tertiary/aromatic N) is 2. The summed E-state index contributed by atoms with van der Waals surface area (Å²) in [5.74, 6) is 0. The van der Waals surface area contributed by atoms with Crippen LogP contribution >= 0.6 is 0 Å². The van der Waals surface area contributed by atoms with Crippen molar-refractivity contribution in [1.29, 1.82) is 0 Å². The number of benzene rings is 1. The van der Waals surface area contributed by atoms with Crippen LogP contribution in [0.5, 0.6) is 0 Å². The van der Waals surface area contributed by atoms with Crippen LogP contribution in [0.3, 0.4) is 0 Å². The molecule has 166 valence electrons. The lowest BCUT2D eigenvalue weighted by molar-refractivity contribution is 1.17. The number of hydrogen-bond acceptors (Lipinski definition) is 1. The van der Waals surface area contributed by atoms with Gasteiger partial charge in [0, 0.05) is 33.7 Å². The summed E-state index contributed by atoms with van der Waals surface area (Å²) in [6.45, 7) is 20.2. The molecule has 0 aliphatic rings. The van der Waals surface area contributed by atoms with Crippen LogP contribution in [0.1, 0.15) is 50.2 Å². The molecule has 0 radical (unpaired) electrons. The summed E-state index contributed by atoms with van der Waals surface area (Å²) in [6, 6.07) is 6.61. The van der Waals surface area contributed by atoms with Crippen LogP contribution < -0.4 is 0 Å². The van der Waals surface area contributed by atoms with E-state index in [-0.39, 0.29) is 0 Å². The summed E-state index contributed by atoms with van der Waals surface area (Å²) in [5.41, 5.74) is 8.72. The van der Waals surface area contributed by atoms with E-state index in [0.717, 1.165) is 44.7 Å². The number of aromatic nitrogens is 1. The van der Waals surface area contributed by atoms with Crippen LogP contribution in [0.25, 0.3) is 39.7 Å². The second-order valence-electron chi connectivity index (χ2n) is 7.65. The molecule has 0 atom stereocenters. The van der Waals surface area contributed by atoms with Gasteiger partial charge >= 0.3 is 0 Å². The first kappa shape index (κ1) is 23.7. The predicted octanol–water partition coefficient (Wildman–Crippen LogP) is 8.92. The highest BCUT2D eigenvalue weighted by Gasteiger charge is 2.22. The largest absolute Gasteiger partial charge is 0.308 e.